The van der Waals surface area contributed by atoms with Crippen LogP contribution in [0.5, 0.6) is 0 Å². The number of halogens is 3. The van der Waals surface area contributed by atoms with Crippen LogP contribution in [0, 0.1) is 16.7 Å². The normalized spacial score (nSPS) is 20.4. The minimum Gasteiger partial charge on any atom is -0.302 e. The fourth-order valence-corrected chi connectivity index (χ4v) is 6.96. The molecule has 3 fully saturated rings. The molecule has 3 aliphatic rings. The van der Waals surface area contributed by atoms with E-state index in [1.807, 2.05) is 26.0 Å². The molecule has 0 N–H and O–H groups in total. The van der Waals surface area contributed by atoms with E-state index in [9.17, 15) is 22.8 Å². The zero-order chi connectivity index (χ0) is 30.0. The van der Waals surface area contributed by atoms with Crippen molar-refractivity contribution in [2.75, 3.05) is 39.3 Å². The zero-order valence-corrected chi connectivity index (χ0v) is 25.1. The Morgan fingerprint density at radius 3 is 1.93 bits per heavy atom. The molecule has 0 bridgehead atoms. The number of hydrogen-bond donors (Lipinski definition) is 0. The highest BCUT2D eigenvalue weighted by Crippen LogP contribution is 2.49. The van der Waals surface area contributed by atoms with Crippen molar-refractivity contribution in [3.63, 3.8) is 0 Å². The molecule has 0 radical (unpaired) electrons. The molecule has 2 aromatic rings. The third-order valence-corrected chi connectivity index (χ3v) is 9.61. The second kappa shape index (κ2) is 12.6. The summed E-state index contributed by atoms with van der Waals surface area (Å²) >= 11 is 0. The van der Waals surface area contributed by atoms with E-state index in [2.05, 4.69) is 21.9 Å². The molecule has 2 aromatic carbocycles. The van der Waals surface area contributed by atoms with Gasteiger partial charge >= 0.3 is 6.18 Å². The number of benzene rings is 2. The van der Waals surface area contributed by atoms with E-state index in [1.165, 1.54) is 49.1 Å². The lowest BCUT2D eigenvalue weighted by Crippen LogP contribution is -2.43. The third kappa shape index (κ3) is 7.90. The van der Waals surface area contributed by atoms with E-state index in [4.69, 9.17) is 0 Å². The fraction of sp³-hybridized carbons (Fsp3) is 0.600. The van der Waals surface area contributed by atoms with Gasteiger partial charge in [0.25, 0.3) is 0 Å². The highest BCUT2D eigenvalue weighted by Gasteiger charge is 2.50. The summed E-state index contributed by atoms with van der Waals surface area (Å²) in [6, 6.07) is 14.2. The Labute approximate surface area is 248 Å². The van der Waals surface area contributed by atoms with Crippen LogP contribution in [0.25, 0.3) is 0 Å². The molecule has 2 saturated heterocycles. The first-order valence-corrected chi connectivity index (χ1v) is 15.7. The zero-order valence-electron chi connectivity index (χ0n) is 25.1. The van der Waals surface area contributed by atoms with Crippen molar-refractivity contribution in [2.24, 2.45) is 16.7 Å². The first kappa shape index (κ1) is 30.9. The Hall–Kier alpha value is -2.51. The third-order valence-electron chi connectivity index (χ3n) is 9.61. The van der Waals surface area contributed by atoms with Gasteiger partial charge in [0.2, 0.25) is 0 Å². The van der Waals surface area contributed by atoms with Crippen LogP contribution in [-0.2, 0) is 12.8 Å². The standard InChI is InChI=1S/C35H45F3N2O2/c1-33(2,31(41)29-12-8-28(9-13-29)23-35(36,37)38)24-40-20-14-27(15-21-40)22-26-6-10-30(11-7-26)32(42)34(16-17-34)25-39-18-4-3-5-19-39/h6-13,27H,3-5,14-25H2,1-2H3. The molecular formula is C35H45F3N2O2. The van der Waals surface area contributed by atoms with E-state index in [-0.39, 0.29) is 16.8 Å². The predicted octanol–water partition coefficient (Wildman–Crippen LogP) is 7.40. The van der Waals surface area contributed by atoms with Gasteiger partial charge in [0.1, 0.15) is 0 Å². The predicted molar refractivity (Wildman–Crippen MR) is 160 cm³/mol. The molecular weight excluding hydrogens is 537 g/mol. The van der Waals surface area contributed by atoms with Crippen LogP contribution < -0.4 is 0 Å². The number of alkyl halides is 3. The van der Waals surface area contributed by atoms with Crippen LogP contribution >= 0.6 is 0 Å². The van der Waals surface area contributed by atoms with Gasteiger partial charge in [-0.25, -0.2) is 0 Å². The lowest BCUT2D eigenvalue weighted by Gasteiger charge is -2.37. The van der Waals surface area contributed by atoms with Crippen LogP contribution in [0.2, 0.25) is 0 Å². The monoisotopic (exact) mass is 582 g/mol. The first-order chi connectivity index (χ1) is 19.9. The number of hydrogen-bond acceptors (Lipinski definition) is 4. The summed E-state index contributed by atoms with van der Waals surface area (Å²) in [6.07, 6.45) is 3.69. The lowest BCUT2D eigenvalue weighted by molar-refractivity contribution is -0.127. The largest absolute Gasteiger partial charge is 0.393 e. The number of carbonyl (C=O) groups is 2. The molecule has 5 rings (SSSR count). The van der Waals surface area contributed by atoms with Crippen LogP contribution in [0.3, 0.4) is 0 Å². The molecule has 0 unspecified atom stereocenters. The summed E-state index contributed by atoms with van der Waals surface area (Å²) in [5.74, 6) is 0.848. The maximum Gasteiger partial charge on any atom is 0.393 e. The number of piperidine rings is 2. The van der Waals surface area contributed by atoms with E-state index >= 15 is 0 Å². The molecule has 0 atom stereocenters. The van der Waals surface area contributed by atoms with Gasteiger partial charge in [-0.1, -0.05) is 68.8 Å². The van der Waals surface area contributed by atoms with Gasteiger partial charge in [0, 0.05) is 35.0 Å². The topological polar surface area (TPSA) is 40.6 Å². The van der Waals surface area contributed by atoms with Crippen LogP contribution in [0.15, 0.2) is 48.5 Å². The van der Waals surface area contributed by atoms with Crippen LogP contribution in [0.4, 0.5) is 13.2 Å². The molecule has 42 heavy (non-hydrogen) atoms. The lowest BCUT2D eigenvalue weighted by atomic mass is 9.82. The molecule has 0 aromatic heterocycles. The van der Waals surface area contributed by atoms with Gasteiger partial charge in [0.15, 0.2) is 11.6 Å². The summed E-state index contributed by atoms with van der Waals surface area (Å²) in [5, 5.41) is 0. The number of Topliss-reactive ketones (excluding diaryl/α,β-unsaturated/α-hetero) is 2. The number of likely N-dealkylation sites (tertiary alicyclic amines) is 2. The molecule has 0 spiro atoms. The van der Waals surface area contributed by atoms with Gasteiger partial charge in [-0.2, -0.15) is 13.2 Å². The summed E-state index contributed by atoms with van der Waals surface area (Å²) in [4.78, 5) is 31.4. The molecule has 2 heterocycles. The van der Waals surface area contributed by atoms with Gasteiger partial charge in [-0.15, -0.1) is 0 Å². The second-order valence-corrected chi connectivity index (χ2v) is 13.8. The van der Waals surface area contributed by atoms with E-state index in [0.717, 1.165) is 70.4 Å². The van der Waals surface area contributed by atoms with Crippen molar-refractivity contribution < 1.29 is 22.8 Å². The number of ketones is 2. The SMILES string of the molecule is CC(C)(CN1CCC(Cc2ccc(C(=O)C3(CN4CCCCC4)CC3)cc2)CC1)C(=O)c1ccc(CC(F)(F)F)cc1. The Morgan fingerprint density at radius 2 is 1.36 bits per heavy atom. The maximum atomic E-state index is 13.4. The Bertz CT molecular complexity index is 1220. The second-order valence-electron chi connectivity index (χ2n) is 13.8. The van der Waals surface area contributed by atoms with Crippen molar-refractivity contribution in [3.05, 3.63) is 70.8 Å². The summed E-state index contributed by atoms with van der Waals surface area (Å²) in [6.45, 7) is 9.48. The molecule has 7 heteroatoms. The first-order valence-electron chi connectivity index (χ1n) is 15.7. The smallest absolute Gasteiger partial charge is 0.302 e. The van der Waals surface area contributed by atoms with Crippen molar-refractivity contribution >= 4 is 11.6 Å². The van der Waals surface area contributed by atoms with Gasteiger partial charge < -0.3 is 9.80 Å². The summed E-state index contributed by atoms with van der Waals surface area (Å²) < 4.78 is 38.0. The van der Waals surface area contributed by atoms with Crippen LogP contribution in [0.1, 0.15) is 90.6 Å². The molecule has 0 amide bonds. The summed E-state index contributed by atoms with van der Waals surface area (Å²) in [7, 11) is 0. The van der Waals surface area contributed by atoms with Crippen LogP contribution in [-0.4, -0.2) is 66.8 Å². The molecule has 1 saturated carbocycles. The van der Waals surface area contributed by atoms with E-state index in [0.29, 0.717) is 23.8 Å². The Morgan fingerprint density at radius 1 is 0.786 bits per heavy atom. The highest BCUT2D eigenvalue weighted by atomic mass is 19.4. The molecule has 228 valence electrons. The van der Waals surface area contributed by atoms with Gasteiger partial charge in [-0.3, -0.25) is 9.59 Å². The quantitative estimate of drug-likeness (QED) is 0.259. The van der Waals surface area contributed by atoms with E-state index in [1.54, 1.807) is 0 Å². The van der Waals surface area contributed by atoms with E-state index < -0.39 is 18.0 Å². The van der Waals surface area contributed by atoms with Gasteiger partial charge in [-0.05, 0) is 88.2 Å². The average molecular weight is 583 g/mol. The number of nitrogens with zero attached hydrogens (tertiary/aromatic N) is 2. The number of carbonyl (C=O) groups excluding carboxylic acids is 2. The maximum absolute atomic E-state index is 13.4. The van der Waals surface area contributed by atoms with Crippen molar-refractivity contribution in [2.45, 2.75) is 77.8 Å². The van der Waals surface area contributed by atoms with Crippen molar-refractivity contribution in [1.29, 1.82) is 0 Å². The van der Waals surface area contributed by atoms with Crippen molar-refractivity contribution in [3.8, 4) is 0 Å². The molecule has 4 nitrogen and oxygen atoms in total. The molecule has 1 aliphatic carbocycles. The highest BCUT2D eigenvalue weighted by molar-refractivity contribution is 6.02. The van der Waals surface area contributed by atoms with Gasteiger partial charge in [0.05, 0.1) is 6.42 Å². The summed E-state index contributed by atoms with van der Waals surface area (Å²) in [5.41, 5.74) is 1.97. The fourth-order valence-electron chi connectivity index (χ4n) is 6.96. The Balaban J connectivity index is 1.08. The molecule has 2 aliphatic heterocycles. The van der Waals surface area contributed by atoms with Crippen molar-refractivity contribution in [1.82, 2.24) is 9.80 Å². The minimum atomic E-state index is -4.26. The average Bonchev–Trinajstić information content (AvgIpc) is 3.74. The minimum absolute atomic E-state index is 0.0401. The number of rotatable bonds is 11. The Kier molecular flexibility index (Phi) is 9.29.